The van der Waals surface area contributed by atoms with Gasteiger partial charge in [0.15, 0.2) is 5.96 Å². The van der Waals surface area contributed by atoms with Crippen molar-refractivity contribution in [1.29, 1.82) is 0 Å². The Balaban J connectivity index is 0.00000364. The molecule has 0 amide bonds. The molecule has 0 bridgehead atoms. The molecule has 154 valence electrons. The van der Waals surface area contributed by atoms with Gasteiger partial charge < -0.3 is 15.4 Å². The molecular weight excluding hydrogens is 451 g/mol. The van der Waals surface area contributed by atoms with E-state index in [-0.39, 0.29) is 24.0 Å². The van der Waals surface area contributed by atoms with Gasteiger partial charge in [-0.05, 0) is 24.5 Å². The van der Waals surface area contributed by atoms with Crippen LogP contribution in [0.15, 0.2) is 29.3 Å². The van der Waals surface area contributed by atoms with Crippen LogP contribution in [0.2, 0.25) is 0 Å². The summed E-state index contributed by atoms with van der Waals surface area (Å²) in [6, 6.07) is 8.83. The van der Waals surface area contributed by atoms with Gasteiger partial charge in [0.25, 0.3) is 0 Å². The first-order chi connectivity index (χ1) is 12.7. The van der Waals surface area contributed by atoms with Crippen molar-refractivity contribution >= 4 is 29.9 Å². The van der Waals surface area contributed by atoms with Crippen LogP contribution in [0.25, 0.3) is 0 Å². The van der Waals surface area contributed by atoms with E-state index in [4.69, 9.17) is 4.74 Å². The lowest BCUT2D eigenvalue weighted by molar-refractivity contribution is -0.0212. The van der Waals surface area contributed by atoms with Crippen LogP contribution in [-0.4, -0.2) is 50.3 Å². The number of morpholine rings is 1. The summed E-state index contributed by atoms with van der Waals surface area (Å²) in [6.45, 7) is 10.0. The maximum atomic E-state index is 5.63. The number of unbranched alkanes of at least 4 members (excludes halogenated alkanes) is 3. The fourth-order valence-electron chi connectivity index (χ4n) is 3.30. The summed E-state index contributed by atoms with van der Waals surface area (Å²) < 4.78 is 5.63. The number of guanidine groups is 1. The largest absolute Gasteiger partial charge is 0.376 e. The van der Waals surface area contributed by atoms with Crippen molar-refractivity contribution in [3.8, 4) is 0 Å². The number of halogens is 1. The van der Waals surface area contributed by atoms with Gasteiger partial charge in [-0.25, -0.2) is 0 Å². The Morgan fingerprint density at radius 1 is 1.22 bits per heavy atom. The second-order valence-corrected chi connectivity index (χ2v) is 7.15. The minimum Gasteiger partial charge on any atom is -0.376 e. The zero-order valence-corrected chi connectivity index (χ0v) is 19.5. The van der Waals surface area contributed by atoms with E-state index in [1.165, 1.54) is 36.8 Å². The molecule has 0 saturated carbocycles. The molecule has 1 atom stereocenters. The Morgan fingerprint density at radius 3 is 2.78 bits per heavy atom. The average Bonchev–Trinajstić information content (AvgIpc) is 2.64. The van der Waals surface area contributed by atoms with Gasteiger partial charge in [-0.15, -0.1) is 24.0 Å². The Bertz CT molecular complexity index is 553. The van der Waals surface area contributed by atoms with Gasteiger partial charge in [-0.1, -0.05) is 50.5 Å². The molecule has 1 unspecified atom stereocenters. The number of benzene rings is 1. The molecule has 1 aromatic carbocycles. The van der Waals surface area contributed by atoms with E-state index in [0.717, 1.165) is 45.3 Å². The van der Waals surface area contributed by atoms with E-state index in [9.17, 15) is 0 Å². The molecule has 0 aliphatic carbocycles. The van der Waals surface area contributed by atoms with Gasteiger partial charge >= 0.3 is 0 Å². The smallest absolute Gasteiger partial charge is 0.191 e. The number of rotatable bonds is 9. The lowest BCUT2D eigenvalue weighted by Gasteiger charge is -2.31. The molecule has 5 nitrogen and oxygen atoms in total. The van der Waals surface area contributed by atoms with E-state index in [2.05, 4.69) is 58.6 Å². The summed E-state index contributed by atoms with van der Waals surface area (Å²) in [5.41, 5.74) is 2.65. The Morgan fingerprint density at radius 2 is 2.04 bits per heavy atom. The summed E-state index contributed by atoms with van der Waals surface area (Å²) in [4.78, 5) is 6.79. The first-order valence-electron chi connectivity index (χ1n) is 10.1. The second-order valence-electron chi connectivity index (χ2n) is 7.15. The Labute approximate surface area is 182 Å². The van der Waals surface area contributed by atoms with Crippen molar-refractivity contribution in [2.75, 3.05) is 33.3 Å². The maximum absolute atomic E-state index is 5.63. The van der Waals surface area contributed by atoms with Gasteiger partial charge in [0.05, 0.1) is 12.7 Å². The molecule has 27 heavy (non-hydrogen) atoms. The fraction of sp³-hybridized carbons (Fsp3) is 0.667. The average molecular weight is 488 g/mol. The molecule has 2 N–H and O–H groups in total. The van der Waals surface area contributed by atoms with Crippen LogP contribution < -0.4 is 10.6 Å². The molecule has 0 aromatic heterocycles. The quantitative estimate of drug-likeness (QED) is 0.241. The topological polar surface area (TPSA) is 48.9 Å². The number of aliphatic imine (C=N–C) groups is 1. The molecule has 1 aliphatic heterocycles. The van der Waals surface area contributed by atoms with Crippen LogP contribution in [0.4, 0.5) is 0 Å². The molecule has 6 heteroatoms. The Kier molecular flexibility index (Phi) is 12.7. The third kappa shape index (κ3) is 9.76. The van der Waals surface area contributed by atoms with Crippen molar-refractivity contribution in [2.45, 2.75) is 58.7 Å². The molecular formula is C21H37IN4O. The normalized spacial score (nSPS) is 18.0. The zero-order chi connectivity index (χ0) is 18.6. The predicted molar refractivity (Wildman–Crippen MR) is 125 cm³/mol. The first-order valence-corrected chi connectivity index (χ1v) is 10.1. The molecule has 1 heterocycles. The predicted octanol–water partition coefficient (Wildman–Crippen LogP) is 3.77. The highest BCUT2D eigenvalue weighted by atomic mass is 127. The third-order valence-electron chi connectivity index (χ3n) is 4.73. The maximum Gasteiger partial charge on any atom is 0.191 e. The lowest BCUT2D eigenvalue weighted by atomic mass is 10.1. The van der Waals surface area contributed by atoms with Gasteiger partial charge in [-0.3, -0.25) is 9.89 Å². The van der Waals surface area contributed by atoms with E-state index in [1.807, 2.05) is 7.05 Å². The number of nitrogens with one attached hydrogen (secondary N) is 2. The van der Waals surface area contributed by atoms with Crippen molar-refractivity contribution in [1.82, 2.24) is 15.5 Å². The number of hydrogen-bond donors (Lipinski definition) is 2. The van der Waals surface area contributed by atoms with Crippen molar-refractivity contribution in [3.63, 3.8) is 0 Å². The van der Waals surface area contributed by atoms with E-state index in [1.54, 1.807) is 0 Å². The summed E-state index contributed by atoms with van der Waals surface area (Å²) in [7, 11) is 1.83. The highest BCUT2D eigenvalue weighted by Crippen LogP contribution is 2.12. The van der Waals surface area contributed by atoms with E-state index < -0.39 is 0 Å². The molecule has 1 fully saturated rings. The van der Waals surface area contributed by atoms with Crippen molar-refractivity contribution in [3.05, 3.63) is 35.4 Å². The minimum atomic E-state index is 0. The highest BCUT2D eigenvalue weighted by Gasteiger charge is 2.16. The lowest BCUT2D eigenvalue weighted by Crippen LogP contribution is -2.40. The molecule has 0 radical (unpaired) electrons. The van der Waals surface area contributed by atoms with E-state index in [0.29, 0.717) is 6.10 Å². The monoisotopic (exact) mass is 488 g/mol. The molecule has 2 rings (SSSR count). The van der Waals surface area contributed by atoms with Gasteiger partial charge in [-0.2, -0.15) is 0 Å². The number of ether oxygens (including phenoxy) is 1. The summed E-state index contributed by atoms with van der Waals surface area (Å²) in [5, 5.41) is 6.82. The van der Waals surface area contributed by atoms with Crippen LogP contribution in [0, 0.1) is 0 Å². The van der Waals surface area contributed by atoms with Crippen LogP contribution in [0.1, 0.15) is 50.7 Å². The molecule has 1 saturated heterocycles. The highest BCUT2D eigenvalue weighted by molar-refractivity contribution is 14.0. The van der Waals surface area contributed by atoms with Crippen LogP contribution >= 0.6 is 24.0 Å². The fourth-order valence-corrected chi connectivity index (χ4v) is 3.30. The second kappa shape index (κ2) is 14.2. The SMILES string of the molecule is CCCCCCNC(=NC)NCc1cccc(CN2CCOC(C)C2)c1.I. The molecule has 1 aliphatic rings. The third-order valence-corrected chi connectivity index (χ3v) is 4.73. The number of hydrogen-bond acceptors (Lipinski definition) is 3. The van der Waals surface area contributed by atoms with Gasteiger partial charge in [0, 0.05) is 39.8 Å². The Hall–Kier alpha value is -0.860. The van der Waals surface area contributed by atoms with Crippen molar-refractivity contribution in [2.24, 2.45) is 4.99 Å². The standard InChI is InChI=1S/C21H36N4O.HI/c1-4-5-6-7-11-23-21(22-3)24-15-19-9-8-10-20(14-19)17-25-12-13-26-18(2)16-25;/h8-10,14,18H,4-7,11-13,15-17H2,1-3H3,(H2,22,23,24);1H. The number of nitrogens with zero attached hydrogens (tertiary/aromatic N) is 2. The van der Waals surface area contributed by atoms with Crippen LogP contribution in [0.5, 0.6) is 0 Å². The first kappa shape index (κ1) is 24.2. The molecule has 1 aromatic rings. The van der Waals surface area contributed by atoms with Crippen LogP contribution in [0.3, 0.4) is 0 Å². The summed E-state index contributed by atoms with van der Waals surface area (Å²) in [6.07, 6.45) is 5.39. The van der Waals surface area contributed by atoms with Gasteiger partial charge in [0.1, 0.15) is 0 Å². The minimum absolute atomic E-state index is 0. The zero-order valence-electron chi connectivity index (χ0n) is 17.2. The molecule has 0 spiro atoms. The van der Waals surface area contributed by atoms with Crippen molar-refractivity contribution < 1.29 is 4.74 Å². The summed E-state index contributed by atoms with van der Waals surface area (Å²) >= 11 is 0. The summed E-state index contributed by atoms with van der Waals surface area (Å²) in [5.74, 6) is 0.883. The van der Waals surface area contributed by atoms with Gasteiger partial charge in [0.2, 0.25) is 0 Å². The van der Waals surface area contributed by atoms with Crippen LogP contribution in [-0.2, 0) is 17.8 Å². The van der Waals surface area contributed by atoms with E-state index >= 15 is 0 Å².